The van der Waals surface area contributed by atoms with Gasteiger partial charge in [-0.05, 0) is 60.9 Å². The molecule has 0 spiro atoms. The van der Waals surface area contributed by atoms with E-state index < -0.39 is 0 Å². The zero-order valence-electron chi connectivity index (χ0n) is 37.4. The van der Waals surface area contributed by atoms with E-state index in [4.69, 9.17) is 4.74 Å². The fourth-order valence-corrected chi connectivity index (χ4v) is 6.78. The molecule has 0 saturated heterocycles. The van der Waals surface area contributed by atoms with Crippen LogP contribution in [0.4, 0.5) is 5.69 Å². The van der Waals surface area contributed by atoms with Crippen LogP contribution < -0.4 is 9.64 Å². The Balaban J connectivity index is 0.000000362. The average Bonchev–Trinajstić information content (AvgIpc) is 3.24. The van der Waals surface area contributed by atoms with Crippen molar-refractivity contribution in [2.45, 2.75) is 59.8 Å². The van der Waals surface area contributed by atoms with Crippen LogP contribution in [0.25, 0.3) is 22.3 Å². The molecule has 1 N–H and O–H groups in total. The SMILES string of the molecule is Cc1ccc(OCCCN(C)c2c(C(C)C)cc(C)cc2C(C)C)c(-c2cccc(-c3ccccc3)c2O)c1.[CH2-]c1ccccc1.[CH2-]c1ccccc1.[CH2-]c1ccccc1.[Hf+4]. The summed E-state index contributed by atoms with van der Waals surface area (Å²) >= 11 is 0. The van der Waals surface area contributed by atoms with Crippen LogP contribution in [-0.4, -0.2) is 25.3 Å². The predicted molar refractivity (Wildman–Crippen MR) is 259 cm³/mol. The Kier molecular flexibility index (Phi) is 21.1. The fraction of sp³-hybridized carbons (Fsp3) is 0.211. The number of hydrogen-bond acceptors (Lipinski definition) is 3. The molecule has 61 heavy (non-hydrogen) atoms. The molecule has 3 nitrogen and oxygen atoms in total. The van der Waals surface area contributed by atoms with Crippen LogP contribution in [0.15, 0.2) is 170 Å². The minimum atomic E-state index is 0. The van der Waals surface area contributed by atoms with Crippen molar-refractivity contribution in [3.63, 3.8) is 0 Å². The second-order valence-corrected chi connectivity index (χ2v) is 15.7. The molecular weight excluding hydrogens is 909 g/mol. The van der Waals surface area contributed by atoms with E-state index >= 15 is 0 Å². The van der Waals surface area contributed by atoms with Gasteiger partial charge in [-0.25, -0.2) is 0 Å². The van der Waals surface area contributed by atoms with Crippen molar-refractivity contribution in [3.8, 4) is 33.8 Å². The average molecular weight is 974 g/mol. The number of rotatable bonds is 10. The Labute approximate surface area is 387 Å². The molecule has 4 heteroatoms. The topological polar surface area (TPSA) is 32.7 Å². The van der Waals surface area contributed by atoms with Gasteiger partial charge in [0.25, 0.3) is 0 Å². The number of nitrogens with zero attached hydrogens (tertiary/aromatic N) is 1. The Hall–Kier alpha value is -5.58. The molecule has 7 aromatic carbocycles. The largest absolute Gasteiger partial charge is 4.00 e. The van der Waals surface area contributed by atoms with Crippen LogP contribution in [0.2, 0.25) is 0 Å². The number of phenolic OH excluding ortho intramolecular Hbond substituents is 1. The Morgan fingerprint density at radius 1 is 0.525 bits per heavy atom. The van der Waals surface area contributed by atoms with E-state index in [0.717, 1.165) is 63.2 Å². The van der Waals surface area contributed by atoms with Gasteiger partial charge in [0.2, 0.25) is 0 Å². The van der Waals surface area contributed by atoms with E-state index in [0.29, 0.717) is 18.4 Å². The maximum Gasteiger partial charge on any atom is 4.00 e. The van der Waals surface area contributed by atoms with Crippen molar-refractivity contribution in [1.29, 1.82) is 0 Å². The first-order valence-corrected chi connectivity index (χ1v) is 20.9. The molecule has 312 valence electrons. The fourth-order valence-electron chi connectivity index (χ4n) is 6.78. The van der Waals surface area contributed by atoms with E-state index in [2.05, 4.69) is 98.5 Å². The maximum absolute atomic E-state index is 11.3. The van der Waals surface area contributed by atoms with Gasteiger partial charge in [-0.15, -0.1) is 36.4 Å². The van der Waals surface area contributed by atoms with Gasteiger partial charge in [0, 0.05) is 36.0 Å². The molecule has 0 bridgehead atoms. The number of ether oxygens (including phenoxy) is 1. The number of hydrogen-bond donors (Lipinski definition) is 1. The molecule has 0 aliphatic rings. The van der Waals surface area contributed by atoms with Crippen molar-refractivity contribution in [3.05, 3.63) is 230 Å². The van der Waals surface area contributed by atoms with Crippen molar-refractivity contribution >= 4 is 5.69 Å². The normalized spacial score (nSPS) is 10.2. The third-order valence-electron chi connectivity index (χ3n) is 9.91. The summed E-state index contributed by atoms with van der Waals surface area (Å²) in [4.78, 5) is 2.40. The van der Waals surface area contributed by atoms with E-state index in [-0.39, 0.29) is 31.6 Å². The molecule has 0 radical (unpaired) electrons. The number of anilines is 1. The summed E-state index contributed by atoms with van der Waals surface area (Å²) in [5, 5.41) is 11.3. The molecule has 0 atom stereocenters. The Morgan fingerprint density at radius 2 is 0.967 bits per heavy atom. The third kappa shape index (κ3) is 16.1. The summed E-state index contributed by atoms with van der Waals surface area (Å²) in [5.41, 5.74) is 13.4. The van der Waals surface area contributed by atoms with Crippen LogP contribution >= 0.6 is 0 Å². The summed E-state index contributed by atoms with van der Waals surface area (Å²) in [6.45, 7) is 26.0. The monoisotopic (exact) mass is 974 g/mol. The zero-order chi connectivity index (χ0) is 43.4. The Bertz CT molecular complexity index is 2170. The molecule has 0 heterocycles. The van der Waals surface area contributed by atoms with Crippen molar-refractivity contribution in [1.82, 2.24) is 0 Å². The molecule has 7 rings (SSSR count). The first-order chi connectivity index (χ1) is 28.8. The first kappa shape index (κ1) is 49.8. The van der Waals surface area contributed by atoms with Crippen molar-refractivity contribution in [2.24, 2.45) is 0 Å². The minimum absolute atomic E-state index is 0. The second-order valence-electron chi connectivity index (χ2n) is 15.7. The van der Waals surface area contributed by atoms with Gasteiger partial charge < -0.3 is 14.7 Å². The van der Waals surface area contributed by atoms with Crippen molar-refractivity contribution in [2.75, 3.05) is 25.1 Å². The smallest absolute Gasteiger partial charge is 0.507 e. The van der Waals surface area contributed by atoms with Gasteiger partial charge >= 0.3 is 25.8 Å². The van der Waals surface area contributed by atoms with Crippen LogP contribution in [0.1, 0.15) is 84.9 Å². The molecule has 0 aromatic heterocycles. The van der Waals surface area contributed by atoms with Crippen LogP contribution in [0, 0.1) is 34.6 Å². The van der Waals surface area contributed by atoms with E-state index in [9.17, 15) is 5.11 Å². The van der Waals surface area contributed by atoms with Crippen LogP contribution in [0.3, 0.4) is 0 Å². The summed E-state index contributed by atoms with van der Waals surface area (Å²) in [7, 11) is 2.20. The van der Waals surface area contributed by atoms with Gasteiger partial charge in [0.1, 0.15) is 11.5 Å². The van der Waals surface area contributed by atoms with Gasteiger partial charge in [0.15, 0.2) is 0 Å². The van der Waals surface area contributed by atoms with Gasteiger partial charge in [0.05, 0.1) is 6.61 Å². The number of benzene rings is 7. The summed E-state index contributed by atoms with van der Waals surface area (Å²) < 4.78 is 6.37. The van der Waals surface area contributed by atoms with E-state index in [1.165, 1.54) is 22.4 Å². The molecule has 0 aliphatic carbocycles. The number of para-hydroxylation sites is 1. The van der Waals surface area contributed by atoms with E-state index in [1.54, 1.807) is 0 Å². The molecule has 0 unspecified atom stereocenters. The van der Waals surface area contributed by atoms with Crippen molar-refractivity contribution < 1.29 is 35.7 Å². The molecule has 7 aromatic rings. The second kappa shape index (κ2) is 25.9. The van der Waals surface area contributed by atoms with Gasteiger partial charge in [-0.1, -0.05) is 124 Å². The minimum Gasteiger partial charge on any atom is -0.507 e. The number of phenols is 1. The maximum atomic E-state index is 11.3. The Morgan fingerprint density at radius 3 is 1.39 bits per heavy atom. The van der Waals surface area contributed by atoms with Crippen LogP contribution in [0.5, 0.6) is 11.5 Å². The van der Waals surface area contributed by atoms with Gasteiger partial charge in [-0.2, -0.15) is 73.9 Å². The number of aromatic hydroxyl groups is 1. The van der Waals surface area contributed by atoms with Gasteiger partial charge in [-0.3, -0.25) is 0 Å². The summed E-state index contributed by atoms with van der Waals surface area (Å²) in [6.07, 6.45) is 0.892. The molecule has 0 aliphatic heterocycles. The standard InChI is InChI=1S/C36H43NO2.3C7H7.Hf/c1-24(2)31-22-27(6)23-32(25(3)4)35(31)37(7)19-12-20-39-34-18-17-26(5)21-33(34)30-16-11-15-29(36(30)38)28-13-9-8-10-14-28;3*1-7-5-3-2-4-6-7;/h8-11,13-18,21-25,38H,12,19-20H2,1-7H3;3*2-6H,1H2;/q;3*-1;+4. The quantitative estimate of drug-likeness (QED) is 0.0842. The molecule has 0 amide bonds. The first-order valence-electron chi connectivity index (χ1n) is 20.9. The predicted octanol–water partition coefficient (Wildman–Crippen LogP) is 15.1. The summed E-state index contributed by atoms with van der Waals surface area (Å²) in [5.74, 6) is 2.00. The number of aryl methyl sites for hydroxylation is 2. The molecule has 0 saturated carbocycles. The summed E-state index contributed by atoms with van der Waals surface area (Å²) in [6, 6.07) is 56.4. The molecular formula is C57H64HfNO2+. The zero-order valence-corrected chi connectivity index (χ0v) is 41.0. The third-order valence-corrected chi connectivity index (χ3v) is 9.91. The van der Waals surface area contributed by atoms with Crippen LogP contribution in [-0.2, 0) is 25.8 Å². The molecule has 0 fully saturated rings. The van der Waals surface area contributed by atoms with E-state index in [1.807, 2.05) is 146 Å².